The first-order valence-corrected chi connectivity index (χ1v) is 11.8. The molecule has 0 aromatic heterocycles. The number of nitrogens with zero attached hydrogens (tertiary/aromatic N) is 2. The molecular formula is C19H36N2O8S. The van der Waals surface area contributed by atoms with E-state index in [0.29, 0.717) is 32.5 Å². The van der Waals surface area contributed by atoms with Gasteiger partial charge in [-0.15, -0.1) is 0 Å². The number of rotatable bonds is 2. The Labute approximate surface area is 179 Å². The SMILES string of the molecule is CC(C)(C)OC(=O)N1CC[C@@H](OS(C)(=O)=O)C1.CC(C)(C)OC(=O)N1CC[C@H](O)C1. The molecule has 2 aliphatic rings. The molecule has 2 fully saturated rings. The molecule has 30 heavy (non-hydrogen) atoms. The topological polar surface area (TPSA) is 123 Å². The van der Waals surface area contributed by atoms with E-state index in [2.05, 4.69) is 0 Å². The van der Waals surface area contributed by atoms with Crippen molar-refractivity contribution < 1.29 is 36.8 Å². The maximum atomic E-state index is 11.7. The van der Waals surface area contributed by atoms with E-state index in [1.807, 2.05) is 20.8 Å². The van der Waals surface area contributed by atoms with Crippen molar-refractivity contribution in [3.8, 4) is 0 Å². The summed E-state index contributed by atoms with van der Waals surface area (Å²) >= 11 is 0. The van der Waals surface area contributed by atoms with E-state index in [0.717, 1.165) is 6.26 Å². The number of hydrogen-bond donors (Lipinski definition) is 1. The minimum absolute atomic E-state index is 0.252. The number of likely N-dealkylation sites (tertiary alicyclic amines) is 2. The molecule has 2 rings (SSSR count). The van der Waals surface area contributed by atoms with Gasteiger partial charge in [0.2, 0.25) is 0 Å². The van der Waals surface area contributed by atoms with Crippen molar-refractivity contribution in [3.05, 3.63) is 0 Å². The largest absolute Gasteiger partial charge is 0.444 e. The van der Waals surface area contributed by atoms with Gasteiger partial charge in [0.05, 0.1) is 25.0 Å². The van der Waals surface area contributed by atoms with Gasteiger partial charge in [-0.2, -0.15) is 8.42 Å². The normalized spacial score (nSPS) is 22.4. The third-order valence-corrected chi connectivity index (χ3v) is 4.54. The summed E-state index contributed by atoms with van der Waals surface area (Å²) in [6, 6.07) is 0. The summed E-state index contributed by atoms with van der Waals surface area (Å²) in [5, 5.41) is 9.20. The third kappa shape index (κ3) is 11.0. The van der Waals surface area contributed by atoms with Gasteiger partial charge in [-0.05, 0) is 54.4 Å². The van der Waals surface area contributed by atoms with Crippen LogP contribution in [0.3, 0.4) is 0 Å². The monoisotopic (exact) mass is 452 g/mol. The maximum absolute atomic E-state index is 11.7. The Morgan fingerprint density at radius 2 is 1.30 bits per heavy atom. The minimum atomic E-state index is -3.47. The molecule has 2 heterocycles. The number of ether oxygens (including phenoxy) is 2. The van der Waals surface area contributed by atoms with E-state index in [1.54, 1.807) is 20.8 Å². The van der Waals surface area contributed by atoms with Crippen molar-refractivity contribution in [2.24, 2.45) is 0 Å². The van der Waals surface area contributed by atoms with Crippen LogP contribution in [0.5, 0.6) is 0 Å². The van der Waals surface area contributed by atoms with Crippen LogP contribution in [0.15, 0.2) is 0 Å². The standard InChI is InChI=1S/C10H19NO5S.C9H17NO3/c1-10(2,3)15-9(12)11-6-5-8(7-11)16-17(4,13)14;1-9(2,3)13-8(12)10-5-4-7(11)6-10/h8H,5-7H2,1-4H3;7,11H,4-6H2,1-3H3/t8-;7-/m10/s1. The van der Waals surface area contributed by atoms with Gasteiger partial charge in [-0.25, -0.2) is 9.59 Å². The fraction of sp³-hybridized carbons (Fsp3) is 0.895. The fourth-order valence-corrected chi connectivity index (χ4v) is 3.43. The zero-order valence-electron chi connectivity index (χ0n) is 19.0. The van der Waals surface area contributed by atoms with E-state index < -0.39 is 33.5 Å². The zero-order valence-corrected chi connectivity index (χ0v) is 19.8. The van der Waals surface area contributed by atoms with Gasteiger partial charge in [0.25, 0.3) is 10.1 Å². The van der Waals surface area contributed by atoms with Gasteiger partial charge < -0.3 is 24.4 Å². The Kier molecular flexibility index (Phi) is 8.94. The second-order valence-electron chi connectivity index (χ2n) is 9.51. The first-order chi connectivity index (χ1) is 13.5. The summed E-state index contributed by atoms with van der Waals surface area (Å²) in [5.41, 5.74) is -1.00. The van der Waals surface area contributed by atoms with Crippen molar-refractivity contribution >= 4 is 22.3 Å². The second kappa shape index (κ2) is 10.1. The molecule has 0 aromatic carbocycles. The first kappa shape index (κ1) is 26.4. The predicted molar refractivity (Wildman–Crippen MR) is 111 cm³/mol. The molecule has 11 heteroatoms. The Bertz CT molecular complexity index is 696. The molecule has 0 bridgehead atoms. The highest BCUT2D eigenvalue weighted by atomic mass is 32.2. The maximum Gasteiger partial charge on any atom is 0.410 e. The lowest BCUT2D eigenvalue weighted by Crippen LogP contribution is -2.36. The molecule has 2 saturated heterocycles. The van der Waals surface area contributed by atoms with Crippen LogP contribution in [0.1, 0.15) is 54.4 Å². The number of aliphatic hydroxyl groups is 1. The Morgan fingerprint density at radius 1 is 0.867 bits per heavy atom. The van der Waals surface area contributed by atoms with E-state index in [1.165, 1.54) is 9.80 Å². The summed E-state index contributed by atoms with van der Waals surface area (Å²) in [6.07, 6.45) is 0.556. The molecule has 176 valence electrons. The molecule has 2 amide bonds. The highest BCUT2D eigenvalue weighted by molar-refractivity contribution is 7.86. The quantitative estimate of drug-likeness (QED) is 0.631. The van der Waals surface area contributed by atoms with Gasteiger partial charge in [0.15, 0.2) is 0 Å². The minimum Gasteiger partial charge on any atom is -0.444 e. The van der Waals surface area contributed by atoms with Crippen LogP contribution < -0.4 is 0 Å². The number of hydrogen-bond acceptors (Lipinski definition) is 8. The summed E-state index contributed by atoms with van der Waals surface area (Å²) in [5.74, 6) is 0. The molecule has 0 spiro atoms. The lowest BCUT2D eigenvalue weighted by atomic mass is 10.2. The van der Waals surface area contributed by atoms with Gasteiger partial charge >= 0.3 is 12.2 Å². The first-order valence-electron chi connectivity index (χ1n) is 9.97. The lowest BCUT2D eigenvalue weighted by molar-refractivity contribution is 0.0263. The van der Waals surface area contributed by atoms with Crippen molar-refractivity contribution in [3.63, 3.8) is 0 Å². The zero-order chi connectivity index (χ0) is 23.3. The summed E-state index contributed by atoms with van der Waals surface area (Å²) in [7, 11) is -3.47. The molecule has 0 unspecified atom stereocenters. The second-order valence-corrected chi connectivity index (χ2v) is 11.1. The fourth-order valence-electron chi connectivity index (χ4n) is 2.78. The molecule has 0 aromatic rings. The Balaban J connectivity index is 0.000000311. The average molecular weight is 453 g/mol. The van der Waals surface area contributed by atoms with Crippen molar-refractivity contribution in [1.82, 2.24) is 9.80 Å². The summed E-state index contributed by atoms with van der Waals surface area (Å²) < 4.78 is 37.0. The highest BCUT2D eigenvalue weighted by Crippen LogP contribution is 2.18. The number of aliphatic hydroxyl groups excluding tert-OH is 1. The third-order valence-electron chi connectivity index (χ3n) is 3.92. The molecule has 2 atom stereocenters. The van der Waals surface area contributed by atoms with Crippen LogP contribution in [-0.4, -0.2) is 91.4 Å². The van der Waals surface area contributed by atoms with E-state index in [-0.39, 0.29) is 18.7 Å². The van der Waals surface area contributed by atoms with Crippen LogP contribution in [0.4, 0.5) is 9.59 Å². The number of carbonyl (C=O) groups excluding carboxylic acids is 2. The van der Waals surface area contributed by atoms with Gasteiger partial charge in [-0.1, -0.05) is 0 Å². The summed E-state index contributed by atoms with van der Waals surface area (Å²) in [4.78, 5) is 26.1. The van der Waals surface area contributed by atoms with Gasteiger partial charge in [-0.3, -0.25) is 4.18 Å². The number of β-amino-alcohol motifs (C(OH)–C–C–N with tert-alkyl or cyclic N) is 1. The molecule has 0 aliphatic carbocycles. The molecule has 2 aliphatic heterocycles. The van der Waals surface area contributed by atoms with Gasteiger partial charge in [0, 0.05) is 19.6 Å². The van der Waals surface area contributed by atoms with Gasteiger partial charge in [0.1, 0.15) is 11.2 Å². The van der Waals surface area contributed by atoms with Crippen LogP contribution in [0.2, 0.25) is 0 Å². The smallest absolute Gasteiger partial charge is 0.410 e. The van der Waals surface area contributed by atoms with Crippen molar-refractivity contribution in [1.29, 1.82) is 0 Å². The van der Waals surface area contributed by atoms with Crippen LogP contribution in [0.25, 0.3) is 0 Å². The predicted octanol–water partition coefficient (Wildman–Crippen LogP) is 1.96. The van der Waals surface area contributed by atoms with Crippen LogP contribution >= 0.6 is 0 Å². The van der Waals surface area contributed by atoms with Crippen molar-refractivity contribution in [2.75, 3.05) is 32.4 Å². The molecule has 1 N–H and O–H groups in total. The Hall–Kier alpha value is -1.59. The lowest BCUT2D eigenvalue weighted by Gasteiger charge is -2.24. The molecule has 0 radical (unpaired) electrons. The number of amides is 2. The number of carbonyl (C=O) groups is 2. The van der Waals surface area contributed by atoms with E-state index in [9.17, 15) is 23.1 Å². The molecule has 10 nitrogen and oxygen atoms in total. The molecular weight excluding hydrogens is 416 g/mol. The summed E-state index contributed by atoms with van der Waals surface area (Å²) in [6.45, 7) is 12.5. The van der Waals surface area contributed by atoms with Crippen LogP contribution in [-0.2, 0) is 23.8 Å². The highest BCUT2D eigenvalue weighted by Gasteiger charge is 2.32. The molecule has 0 saturated carbocycles. The van der Waals surface area contributed by atoms with Crippen LogP contribution in [0, 0.1) is 0 Å². The Morgan fingerprint density at radius 3 is 1.67 bits per heavy atom. The van der Waals surface area contributed by atoms with Crippen molar-refractivity contribution in [2.45, 2.75) is 77.8 Å². The van der Waals surface area contributed by atoms with E-state index >= 15 is 0 Å². The van der Waals surface area contributed by atoms with E-state index in [4.69, 9.17) is 13.7 Å². The average Bonchev–Trinajstić information content (AvgIpc) is 3.12.